The van der Waals surface area contributed by atoms with Crippen LogP contribution in [-0.4, -0.2) is 62.6 Å². The number of nitrogens with zero attached hydrogens (tertiary/aromatic N) is 2. The number of hydrogen-bond donors (Lipinski definition) is 4. The van der Waals surface area contributed by atoms with E-state index in [4.69, 9.17) is 10.8 Å². The molecule has 0 radical (unpaired) electrons. The topological polar surface area (TPSA) is 75.0 Å². The van der Waals surface area contributed by atoms with Crippen molar-refractivity contribution < 1.29 is 4.48 Å². The number of hydrogen-bond acceptors (Lipinski definition) is 2. The lowest BCUT2D eigenvalue weighted by Gasteiger charge is -2.36. The van der Waals surface area contributed by atoms with Gasteiger partial charge in [-0.3, -0.25) is 16.1 Å². The maximum absolute atomic E-state index is 7.79. The minimum Gasteiger partial charge on any atom is -0.351 e. The molecule has 22 heavy (non-hydrogen) atoms. The molecule has 0 aliphatic rings. The second kappa shape index (κ2) is 7.79. The second-order valence-electron chi connectivity index (χ2n) is 6.26. The third-order valence-electron chi connectivity index (χ3n) is 4.01. The highest BCUT2D eigenvalue weighted by molar-refractivity contribution is 5.95. The number of rotatable bonds is 5. The lowest BCUT2D eigenvalue weighted by Crippen LogP contribution is -2.50. The van der Waals surface area contributed by atoms with Crippen LogP contribution in [0.4, 0.5) is 0 Å². The van der Waals surface area contributed by atoms with Gasteiger partial charge in [-0.25, -0.2) is 0 Å². The summed E-state index contributed by atoms with van der Waals surface area (Å²) in [5.74, 6) is 0.356. The molecule has 0 amide bonds. The predicted molar refractivity (Wildman–Crippen MR) is 92.1 cm³/mol. The summed E-state index contributed by atoms with van der Waals surface area (Å²) in [6.45, 7) is 3.78. The van der Waals surface area contributed by atoms with Crippen LogP contribution in [0.15, 0.2) is 30.3 Å². The van der Waals surface area contributed by atoms with Gasteiger partial charge in [-0.05, 0) is 6.92 Å². The van der Waals surface area contributed by atoms with Crippen molar-refractivity contribution in [3.63, 3.8) is 0 Å². The first-order valence-corrected chi connectivity index (χ1v) is 7.47. The Morgan fingerprint density at radius 2 is 1.77 bits per heavy atom. The first-order chi connectivity index (χ1) is 10.2. The van der Waals surface area contributed by atoms with E-state index in [9.17, 15) is 0 Å². The average molecular weight is 305 g/mol. The van der Waals surface area contributed by atoms with Gasteiger partial charge in [0.2, 0.25) is 0 Å². The summed E-state index contributed by atoms with van der Waals surface area (Å²) in [6, 6.07) is 10.8. The Kier molecular flexibility index (Phi) is 6.37. The number of likely N-dealkylation sites (N-methyl/N-ethyl adjacent to an activating group) is 1. The van der Waals surface area contributed by atoms with Crippen LogP contribution in [0.3, 0.4) is 0 Å². The van der Waals surface area contributed by atoms with E-state index < -0.39 is 0 Å². The molecule has 0 saturated carbocycles. The van der Waals surface area contributed by atoms with Crippen molar-refractivity contribution in [2.45, 2.75) is 13.0 Å². The highest BCUT2D eigenvalue weighted by Crippen LogP contribution is 2.23. The molecular formula is C16H29N6+. The van der Waals surface area contributed by atoms with Gasteiger partial charge in [-0.2, -0.15) is 0 Å². The fourth-order valence-electron chi connectivity index (χ4n) is 2.07. The molecule has 0 heterocycles. The van der Waals surface area contributed by atoms with E-state index in [1.807, 2.05) is 6.07 Å². The fraction of sp³-hybridized carbons (Fsp3) is 0.500. The third kappa shape index (κ3) is 5.37. The monoisotopic (exact) mass is 305 g/mol. The summed E-state index contributed by atoms with van der Waals surface area (Å²) in [7, 11) is 7.92. The lowest BCUT2D eigenvalue weighted by molar-refractivity contribution is -0.918. The quantitative estimate of drug-likeness (QED) is 0.378. The molecule has 1 unspecified atom stereocenters. The molecule has 1 aromatic rings. The van der Waals surface area contributed by atoms with E-state index >= 15 is 0 Å². The zero-order valence-electron chi connectivity index (χ0n) is 14.3. The minimum atomic E-state index is 0.158. The summed E-state index contributed by atoms with van der Waals surface area (Å²) in [5.41, 5.74) is 1.31. The van der Waals surface area contributed by atoms with Gasteiger partial charge in [-0.15, -0.1) is 0 Å². The molecule has 1 rings (SSSR count). The molecule has 122 valence electrons. The van der Waals surface area contributed by atoms with E-state index in [2.05, 4.69) is 55.9 Å². The smallest absolute Gasteiger partial charge is 0.197 e. The summed E-state index contributed by atoms with van der Waals surface area (Å²) in [4.78, 5) is 1.62. The van der Waals surface area contributed by atoms with Gasteiger partial charge in [-0.1, -0.05) is 30.3 Å². The van der Waals surface area contributed by atoms with Gasteiger partial charge in [0.15, 0.2) is 11.9 Å². The van der Waals surface area contributed by atoms with Crippen LogP contribution >= 0.6 is 0 Å². The Hall–Kier alpha value is -2.08. The van der Waals surface area contributed by atoms with Crippen molar-refractivity contribution in [2.75, 3.05) is 41.3 Å². The van der Waals surface area contributed by atoms with Gasteiger partial charge >= 0.3 is 0 Å². The minimum absolute atomic E-state index is 0.158. The van der Waals surface area contributed by atoms with E-state index in [0.29, 0.717) is 12.6 Å². The fourth-order valence-corrected chi connectivity index (χ4v) is 2.07. The Labute approximate surface area is 133 Å². The van der Waals surface area contributed by atoms with E-state index in [0.717, 1.165) is 11.0 Å². The zero-order chi connectivity index (χ0) is 16.8. The average Bonchev–Trinajstić information content (AvgIpc) is 2.46. The predicted octanol–water partition coefficient (Wildman–Crippen LogP) is 1.43. The normalized spacial score (nSPS) is 12.4. The van der Waals surface area contributed by atoms with Crippen LogP contribution in [0, 0.1) is 10.8 Å². The first-order valence-electron chi connectivity index (χ1n) is 7.47. The molecule has 6 heteroatoms. The number of quaternary nitrogens is 1. The number of nitrogens with one attached hydrogen (secondary N) is 4. The molecule has 6 nitrogen and oxygen atoms in total. The maximum Gasteiger partial charge on any atom is 0.197 e. The Bertz CT molecular complexity index is 495. The molecular weight excluding hydrogens is 276 g/mol. The van der Waals surface area contributed by atoms with Crippen LogP contribution in [0.25, 0.3) is 0 Å². The van der Waals surface area contributed by atoms with Crippen LogP contribution in [0.2, 0.25) is 0 Å². The Balaban J connectivity index is 2.46. The summed E-state index contributed by atoms with van der Waals surface area (Å²) in [6.07, 6.45) is 0. The zero-order valence-corrected chi connectivity index (χ0v) is 14.3. The molecule has 1 atom stereocenters. The summed E-state index contributed by atoms with van der Waals surface area (Å²) in [5, 5.41) is 21.2. The van der Waals surface area contributed by atoms with E-state index in [-0.39, 0.29) is 11.9 Å². The molecule has 0 aliphatic carbocycles. The van der Waals surface area contributed by atoms with Gasteiger partial charge < -0.3 is 14.7 Å². The number of benzene rings is 1. The van der Waals surface area contributed by atoms with Crippen molar-refractivity contribution in [3.8, 4) is 0 Å². The van der Waals surface area contributed by atoms with Crippen molar-refractivity contribution in [3.05, 3.63) is 35.9 Å². The van der Waals surface area contributed by atoms with Crippen LogP contribution in [-0.2, 0) is 0 Å². The highest BCUT2D eigenvalue weighted by atomic mass is 15.3. The third-order valence-corrected chi connectivity index (χ3v) is 4.01. The van der Waals surface area contributed by atoms with Gasteiger partial charge in [0.1, 0.15) is 6.04 Å². The second-order valence-corrected chi connectivity index (χ2v) is 6.26. The molecule has 0 spiro atoms. The van der Waals surface area contributed by atoms with Crippen molar-refractivity contribution in [1.82, 2.24) is 15.5 Å². The molecule has 0 fully saturated rings. The van der Waals surface area contributed by atoms with Crippen LogP contribution in [0.1, 0.15) is 18.5 Å². The SMILES string of the molecule is CC(c1ccccc1)[N+](C)(C)CCNC(=N)NC(=N)N(C)C. The Morgan fingerprint density at radius 1 is 1.18 bits per heavy atom. The first kappa shape index (κ1) is 18.0. The number of guanidine groups is 2. The Morgan fingerprint density at radius 3 is 2.32 bits per heavy atom. The van der Waals surface area contributed by atoms with Crippen LogP contribution < -0.4 is 10.6 Å². The maximum atomic E-state index is 7.79. The van der Waals surface area contributed by atoms with Crippen molar-refractivity contribution in [2.24, 2.45) is 0 Å². The van der Waals surface area contributed by atoms with Gasteiger partial charge in [0.05, 0.1) is 27.2 Å². The van der Waals surface area contributed by atoms with E-state index in [1.54, 1.807) is 19.0 Å². The molecule has 0 aliphatic heterocycles. The summed E-state index contributed by atoms with van der Waals surface area (Å²) < 4.78 is 0.829. The van der Waals surface area contributed by atoms with Gasteiger partial charge in [0.25, 0.3) is 0 Å². The summed E-state index contributed by atoms with van der Waals surface area (Å²) >= 11 is 0. The highest BCUT2D eigenvalue weighted by Gasteiger charge is 2.24. The van der Waals surface area contributed by atoms with Crippen LogP contribution in [0.5, 0.6) is 0 Å². The van der Waals surface area contributed by atoms with Crippen molar-refractivity contribution in [1.29, 1.82) is 10.8 Å². The molecule has 1 aromatic carbocycles. The standard InChI is InChI=1S/C16H29N6/c1-13(14-9-7-6-8-10-14)22(4,5)12-11-19-15(17)20-16(18)21(2)3/h6-10,13H,11-12H2,1-5H3,(H4,17,18,19,20)/q+1. The van der Waals surface area contributed by atoms with E-state index in [1.165, 1.54) is 5.56 Å². The molecule has 4 N–H and O–H groups in total. The van der Waals surface area contributed by atoms with Gasteiger partial charge in [0, 0.05) is 19.7 Å². The lowest BCUT2D eigenvalue weighted by atomic mass is 10.1. The molecule has 0 aromatic heterocycles. The largest absolute Gasteiger partial charge is 0.351 e. The molecule has 0 bridgehead atoms. The van der Waals surface area contributed by atoms with Crippen molar-refractivity contribution >= 4 is 11.9 Å². The molecule has 0 saturated heterocycles.